The molecule has 0 saturated heterocycles. The molecule has 1 fully saturated rings. The summed E-state index contributed by atoms with van der Waals surface area (Å²) >= 11 is 0. The van der Waals surface area contributed by atoms with Gasteiger partial charge in [0.25, 0.3) is 0 Å². The van der Waals surface area contributed by atoms with Gasteiger partial charge in [-0.25, -0.2) is 9.97 Å². The van der Waals surface area contributed by atoms with Gasteiger partial charge in [0.15, 0.2) is 0 Å². The van der Waals surface area contributed by atoms with Crippen LogP contribution >= 0.6 is 0 Å². The molecule has 2 aromatic rings. The molecule has 2 aromatic heterocycles. The van der Waals surface area contributed by atoms with Crippen molar-refractivity contribution in [2.75, 3.05) is 5.32 Å². The Balaban J connectivity index is 1.68. The van der Waals surface area contributed by atoms with E-state index in [1.165, 1.54) is 25.7 Å². The molecular formula is C14H21N5. The number of hydrogen-bond acceptors (Lipinski definition) is 3. The maximum Gasteiger partial charge on any atom is 0.203 e. The summed E-state index contributed by atoms with van der Waals surface area (Å²) in [5, 5.41) is 3.58. The van der Waals surface area contributed by atoms with Crippen LogP contribution in [0.2, 0.25) is 0 Å². The fraction of sp³-hybridized carbons (Fsp3) is 0.571. The van der Waals surface area contributed by atoms with Crippen molar-refractivity contribution in [3.05, 3.63) is 31.1 Å². The number of imidazole rings is 2. The smallest absolute Gasteiger partial charge is 0.203 e. The van der Waals surface area contributed by atoms with Gasteiger partial charge < -0.3 is 14.5 Å². The lowest BCUT2D eigenvalue weighted by Gasteiger charge is -2.19. The molecular weight excluding hydrogens is 238 g/mol. The lowest BCUT2D eigenvalue weighted by atomic mass is 10.2. The molecule has 5 nitrogen and oxygen atoms in total. The molecule has 102 valence electrons. The van der Waals surface area contributed by atoms with Gasteiger partial charge in [-0.1, -0.05) is 12.8 Å². The summed E-state index contributed by atoms with van der Waals surface area (Å²) in [7, 11) is 0. The summed E-state index contributed by atoms with van der Waals surface area (Å²) in [4.78, 5) is 8.54. The number of anilines is 1. The first kappa shape index (κ1) is 12.3. The second-order valence-electron chi connectivity index (χ2n) is 5.39. The van der Waals surface area contributed by atoms with E-state index in [2.05, 4.69) is 37.5 Å². The highest BCUT2D eigenvalue weighted by atomic mass is 15.2. The topological polar surface area (TPSA) is 47.7 Å². The Bertz CT molecular complexity index is 496. The highest BCUT2D eigenvalue weighted by molar-refractivity contribution is 5.28. The summed E-state index contributed by atoms with van der Waals surface area (Å²) in [5.74, 6) is 1.000. The van der Waals surface area contributed by atoms with Crippen LogP contribution in [0.3, 0.4) is 0 Å². The standard InChI is InChI=1S/C14H21N5/c1-12(10-18-8-6-15-11-18)19-9-7-16-14(19)17-13-4-2-3-5-13/h6-9,11-13H,2-5,10H2,1H3,(H,16,17). The molecule has 0 aromatic carbocycles. The van der Waals surface area contributed by atoms with Crippen molar-refractivity contribution in [3.8, 4) is 0 Å². The molecule has 0 aliphatic heterocycles. The molecule has 3 rings (SSSR count). The number of nitrogens with zero attached hydrogens (tertiary/aromatic N) is 4. The quantitative estimate of drug-likeness (QED) is 0.898. The maximum atomic E-state index is 4.46. The minimum atomic E-state index is 0.362. The number of hydrogen-bond donors (Lipinski definition) is 1. The van der Waals surface area contributed by atoms with Crippen LogP contribution in [-0.2, 0) is 6.54 Å². The highest BCUT2D eigenvalue weighted by Crippen LogP contribution is 2.23. The van der Waals surface area contributed by atoms with Gasteiger partial charge in [0.05, 0.1) is 12.4 Å². The molecule has 1 unspecified atom stereocenters. The Morgan fingerprint density at radius 1 is 1.32 bits per heavy atom. The second-order valence-corrected chi connectivity index (χ2v) is 5.39. The highest BCUT2D eigenvalue weighted by Gasteiger charge is 2.18. The molecule has 0 spiro atoms. The van der Waals surface area contributed by atoms with Crippen molar-refractivity contribution in [1.82, 2.24) is 19.1 Å². The molecule has 0 amide bonds. The van der Waals surface area contributed by atoms with Gasteiger partial charge in [-0.15, -0.1) is 0 Å². The van der Waals surface area contributed by atoms with Crippen LogP contribution < -0.4 is 5.32 Å². The molecule has 0 radical (unpaired) electrons. The first-order chi connectivity index (χ1) is 9.33. The maximum absolute atomic E-state index is 4.46. The lowest BCUT2D eigenvalue weighted by Crippen LogP contribution is -2.20. The predicted molar refractivity (Wildman–Crippen MR) is 75.0 cm³/mol. The molecule has 1 saturated carbocycles. The zero-order valence-electron chi connectivity index (χ0n) is 11.4. The molecule has 1 aliphatic rings. The third kappa shape index (κ3) is 2.80. The summed E-state index contributed by atoms with van der Waals surface area (Å²) in [6.07, 6.45) is 14.8. The van der Waals surface area contributed by atoms with E-state index in [1.807, 2.05) is 24.9 Å². The fourth-order valence-electron chi connectivity index (χ4n) is 2.82. The van der Waals surface area contributed by atoms with Crippen molar-refractivity contribution >= 4 is 5.95 Å². The Labute approximate surface area is 113 Å². The van der Waals surface area contributed by atoms with E-state index in [9.17, 15) is 0 Å². The summed E-state index contributed by atoms with van der Waals surface area (Å²) < 4.78 is 4.32. The van der Waals surface area contributed by atoms with Crippen LogP contribution in [0.5, 0.6) is 0 Å². The normalized spacial score (nSPS) is 17.7. The monoisotopic (exact) mass is 259 g/mol. The Morgan fingerprint density at radius 2 is 2.16 bits per heavy atom. The number of aromatic nitrogens is 4. The van der Waals surface area contributed by atoms with Gasteiger partial charge in [0, 0.05) is 37.4 Å². The molecule has 19 heavy (non-hydrogen) atoms. The van der Waals surface area contributed by atoms with E-state index in [-0.39, 0.29) is 0 Å². The van der Waals surface area contributed by atoms with Crippen LogP contribution in [0, 0.1) is 0 Å². The van der Waals surface area contributed by atoms with Crippen LogP contribution in [0.15, 0.2) is 31.1 Å². The van der Waals surface area contributed by atoms with E-state index in [0.717, 1.165) is 12.5 Å². The Morgan fingerprint density at radius 3 is 2.89 bits per heavy atom. The number of nitrogens with one attached hydrogen (secondary N) is 1. The predicted octanol–water partition coefficient (Wildman–Crippen LogP) is 2.70. The van der Waals surface area contributed by atoms with Crippen LogP contribution in [0.1, 0.15) is 38.6 Å². The zero-order valence-corrected chi connectivity index (χ0v) is 11.4. The van der Waals surface area contributed by atoms with Gasteiger partial charge in [0.1, 0.15) is 0 Å². The van der Waals surface area contributed by atoms with Gasteiger partial charge in [-0.3, -0.25) is 0 Å². The molecule has 1 N–H and O–H groups in total. The van der Waals surface area contributed by atoms with Gasteiger partial charge in [-0.05, 0) is 19.8 Å². The average Bonchev–Trinajstić information content (AvgIpc) is 3.10. The van der Waals surface area contributed by atoms with Crippen LogP contribution in [-0.4, -0.2) is 25.1 Å². The summed E-state index contributed by atoms with van der Waals surface area (Å²) in [6.45, 7) is 3.12. The minimum Gasteiger partial charge on any atom is -0.353 e. The largest absolute Gasteiger partial charge is 0.353 e. The molecule has 2 heterocycles. The van der Waals surface area contributed by atoms with Crippen molar-refractivity contribution in [2.24, 2.45) is 0 Å². The van der Waals surface area contributed by atoms with E-state index in [0.29, 0.717) is 12.1 Å². The first-order valence-electron chi connectivity index (χ1n) is 7.08. The van der Waals surface area contributed by atoms with E-state index < -0.39 is 0 Å². The fourth-order valence-corrected chi connectivity index (χ4v) is 2.82. The number of rotatable bonds is 5. The third-order valence-electron chi connectivity index (χ3n) is 3.87. The molecule has 5 heteroatoms. The van der Waals surface area contributed by atoms with E-state index >= 15 is 0 Å². The minimum absolute atomic E-state index is 0.362. The van der Waals surface area contributed by atoms with E-state index in [1.54, 1.807) is 0 Å². The molecule has 0 bridgehead atoms. The third-order valence-corrected chi connectivity index (χ3v) is 3.87. The van der Waals surface area contributed by atoms with Gasteiger partial charge in [-0.2, -0.15) is 0 Å². The Kier molecular flexibility index (Phi) is 3.53. The first-order valence-corrected chi connectivity index (χ1v) is 7.08. The van der Waals surface area contributed by atoms with Crippen molar-refractivity contribution < 1.29 is 0 Å². The van der Waals surface area contributed by atoms with Crippen molar-refractivity contribution in [2.45, 2.75) is 51.2 Å². The van der Waals surface area contributed by atoms with Gasteiger partial charge >= 0.3 is 0 Å². The van der Waals surface area contributed by atoms with E-state index in [4.69, 9.17) is 0 Å². The molecule has 1 atom stereocenters. The summed E-state index contributed by atoms with van der Waals surface area (Å²) in [5.41, 5.74) is 0. The van der Waals surface area contributed by atoms with Crippen LogP contribution in [0.4, 0.5) is 5.95 Å². The van der Waals surface area contributed by atoms with Crippen molar-refractivity contribution in [3.63, 3.8) is 0 Å². The average molecular weight is 259 g/mol. The zero-order chi connectivity index (χ0) is 13.1. The SMILES string of the molecule is CC(Cn1ccnc1)n1ccnc1NC1CCCC1. The Hall–Kier alpha value is -1.78. The second kappa shape index (κ2) is 5.47. The van der Waals surface area contributed by atoms with Crippen LogP contribution in [0.25, 0.3) is 0 Å². The molecule has 1 aliphatic carbocycles. The summed E-state index contributed by atoms with van der Waals surface area (Å²) in [6, 6.07) is 0.960. The lowest BCUT2D eigenvalue weighted by molar-refractivity contribution is 0.466. The van der Waals surface area contributed by atoms with Gasteiger partial charge in [0.2, 0.25) is 5.95 Å². The van der Waals surface area contributed by atoms with Crippen molar-refractivity contribution in [1.29, 1.82) is 0 Å².